The Bertz CT molecular complexity index is 1120. The van der Waals surface area contributed by atoms with Crippen LogP contribution in [0, 0.1) is 0 Å². The Labute approximate surface area is 195 Å². The molecular formula is C25H24F3N3O3. The van der Waals surface area contributed by atoms with E-state index >= 15 is 0 Å². The minimum Gasteiger partial charge on any atom is -0.457 e. The number of carbonyl (C=O) groups is 1. The topological polar surface area (TPSA) is 54.9 Å². The van der Waals surface area contributed by atoms with Crippen LogP contribution in [0.25, 0.3) is 0 Å². The lowest BCUT2D eigenvalue weighted by Crippen LogP contribution is -2.47. The monoisotopic (exact) mass is 471 g/mol. The van der Waals surface area contributed by atoms with Crippen molar-refractivity contribution in [3.05, 3.63) is 78.0 Å². The summed E-state index contributed by atoms with van der Waals surface area (Å²) in [4.78, 5) is 19.1. The van der Waals surface area contributed by atoms with Gasteiger partial charge < -0.3 is 19.3 Å². The van der Waals surface area contributed by atoms with E-state index in [-0.39, 0.29) is 18.6 Å². The second kappa shape index (κ2) is 9.72. The zero-order valence-electron chi connectivity index (χ0n) is 18.7. The van der Waals surface area contributed by atoms with Gasteiger partial charge in [0, 0.05) is 26.0 Å². The van der Waals surface area contributed by atoms with Crippen molar-refractivity contribution in [3.8, 4) is 11.5 Å². The smallest absolute Gasteiger partial charge is 0.417 e. The molecule has 6 nitrogen and oxygen atoms in total. The van der Waals surface area contributed by atoms with Crippen molar-refractivity contribution in [2.75, 3.05) is 32.2 Å². The summed E-state index contributed by atoms with van der Waals surface area (Å²) in [7, 11) is 3.52. The number of anilines is 2. The molecule has 1 aliphatic heterocycles. The van der Waals surface area contributed by atoms with Gasteiger partial charge in [0.25, 0.3) is 0 Å². The second-order valence-corrected chi connectivity index (χ2v) is 8.08. The van der Waals surface area contributed by atoms with Crippen LogP contribution in [0.1, 0.15) is 11.1 Å². The van der Waals surface area contributed by atoms with Gasteiger partial charge in [0.05, 0.1) is 18.2 Å². The molecule has 2 heterocycles. The lowest BCUT2D eigenvalue weighted by Gasteiger charge is -2.32. The van der Waals surface area contributed by atoms with Crippen molar-refractivity contribution < 1.29 is 27.4 Å². The molecule has 1 saturated heterocycles. The van der Waals surface area contributed by atoms with Gasteiger partial charge in [0.1, 0.15) is 23.9 Å². The minimum atomic E-state index is -4.42. The average molecular weight is 471 g/mol. The van der Waals surface area contributed by atoms with E-state index in [1.54, 1.807) is 48.2 Å². The van der Waals surface area contributed by atoms with E-state index in [9.17, 15) is 18.0 Å². The predicted molar refractivity (Wildman–Crippen MR) is 121 cm³/mol. The van der Waals surface area contributed by atoms with Gasteiger partial charge in [-0.25, -0.2) is 4.98 Å². The summed E-state index contributed by atoms with van der Waals surface area (Å²) in [6, 6.07) is 17.2. The molecule has 1 aliphatic rings. The molecule has 9 heteroatoms. The second-order valence-electron chi connectivity index (χ2n) is 8.08. The van der Waals surface area contributed by atoms with Crippen molar-refractivity contribution in [3.63, 3.8) is 0 Å². The quantitative estimate of drug-likeness (QED) is 0.503. The highest BCUT2D eigenvalue weighted by Crippen LogP contribution is 2.31. The summed E-state index contributed by atoms with van der Waals surface area (Å²) in [5, 5.41) is 0. The van der Waals surface area contributed by atoms with Crippen molar-refractivity contribution >= 4 is 17.4 Å². The molecule has 178 valence electrons. The fraction of sp³-hybridized carbons (Fsp3) is 0.280. The minimum absolute atomic E-state index is 0.0108. The van der Waals surface area contributed by atoms with Gasteiger partial charge in [0.15, 0.2) is 0 Å². The summed E-state index contributed by atoms with van der Waals surface area (Å²) in [6.07, 6.45) is -2.90. The van der Waals surface area contributed by atoms with Gasteiger partial charge in [-0.15, -0.1) is 0 Å². The molecule has 1 fully saturated rings. The van der Waals surface area contributed by atoms with Gasteiger partial charge in [-0.2, -0.15) is 13.2 Å². The first-order chi connectivity index (χ1) is 16.2. The maximum atomic E-state index is 12.7. The maximum Gasteiger partial charge on any atom is 0.417 e. The molecule has 1 amide bonds. The Kier molecular flexibility index (Phi) is 6.74. The molecule has 0 spiro atoms. The molecule has 0 radical (unpaired) electrons. The molecule has 3 aromatic rings. The van der Waals surface area contributed by atoms with Crippen LogP contribution in [0.2, 0.25) is 0 Å². The molecule has 0 saturated carbocycles. The van der Waals surface area contributed by atoms with E-state index in [0.29, 0.717) is 30.3 Å². The number of hydrogen-bond acceptors (Lipinski definition) is 5. The van der Waals surface area contributed by atoms with E-state index in [0.717, 1.165) is 23.5 Å². The number of benzene rings is 2. The van der Waals surface area contributed by atoms with E-state index in [1.165, 1.54) is 6.07 Å². The molecule has 4 rings (SSSR count). The van der Waals surface area contributed by atoms with Crippen LogP contribution in [-0.2, 0) is 22.1 Å². The van der Waals surface area contributed by atoms with Crippen LogP contribution in [0.3, 0.4) is 0 Å². The van der Waals surface area contributed by atoms with Crippen molar-refractivity contribution in [2.45, 2.75) is 18.6 Å². The van der Waals surface area contributed by atoms with E-state index < -0.39 is 11.7 Å². The highest BCUT2D eigenvalue weighted by Gasteiger charge is 2.30. The maximum absolute atomic E-state index is 12.7. The number of nitrogens with zero attached hydrogens (tertiary/aromatic N) is 3. The molecule has 1 unspecified atom stereocenters. The SMILES string of the molecule is CN(c1ccc(Oc2ccc(CC3COCC(=O)N3C)cc2)cc1)c1ccc(C(F)(F)F)cn1. The number of halogens is 3. The van der Waals surface area contributed by atoms with E-state index in [2.05, 4.69) is 4.98 Å². The number of hydrogen-bond donors (Lipinski definition) is 0. The summed E-state index contributed by atoms with van der Waals surface area (Å²) < 4.78 is 49.5. The Morgan fingerprint density at radius 3 is 2.29 bits per heavy atom. The van der Waals surface area contributed by atoms with Crippen LogP contribution in [0.15, 0.2) is 66.9 Å². The molecule has 1 aromatic heterocycles. The molecule has 34 heavy (non-hydrogen) atoms. The number of alkyl halides is 3. The lowest BCUT2D eigenvalue weighted by atomic mass is 10.0. The van der Waals surface area contributed by atoms with Crippen LogP contribution in [-0.4, -0.2) is 49.1 Å². The average Bonchev–Trinajstić information content (AvgIpc) is 2.83. The third-order valence-corrected chi connectivity index (χ3v) is 5.75. The molecule has 0 N–H and O–H groups in total. The first-order valence-electron chi connectivity index (χ1n) is 10.7. The molecular weight excluding hydrogens is 447 g/mol. The van der Waals surface area contributed by atoms with Gasteiger partial charge in [-0.05, 0) is 60.5 Å². The summed E-state index contributed by atoms with van der Waals surface area (Å²) in [6.45, 7) is 0.651. The van der Waals surface area contributed by atoms with Crippen LogP contribution < -0.4 is 9.64 Å². The zero-order valence-corrected chi connectivity index (χ0v) is 18.7. The Morgan fingerprint density at radius 2 is 1.71 bits per heavy atom. The van der Waals surface area contributed by atoms with Crippen molar-refractivity contribution in [1.29, 1.82) is 0 Å². The highest BCUT2D eigenvalue weighted by atomic mass is 19.4. The van der Waals surface area contributed by atoms with Crippen LogP contribution >= 0.6 is 0 Å². The lowest BCUT2D eigenvalue weighted by molar-refractivity contribution is -0.145. The van der Waals surface area contributed by atoms with Gasteiger partial charge >= 0.3 is 6.18 Å². The summed E-state index contributed by atoms with van der Waals surface area (Å²) in [5.41, 5.74) is 1.04. The summed E-state index contributed by atoms with van der Waals surface area (Å²) in [5.74, 6) is 1.67. The first kappa shape index (κ1) is 23.6. The Hall–Kier alpha value is -3.59. The van der Waals surface area contributed by atoms with Gasteiger partial charge in [0.2, 0.25) is 5.91 Å². The number of pyridine rings is 1. The highest BCUT2D eigenvalue weighted by molar-refractivity contribution is 5.78. The number of amides is 1. The Balaban J connectivity index is 1.36. The third kappa shape index (κ3) is 5.48. The fourth-order valence-corrected chi connectivity index (χ4v) is 3.62. The molecule has 0 aliphatic carbocycles. The van der Waals surface area contributed by atoms with Gasteiger partial charge in [-0.1, -0.05) is 12.1 Å². The van der Waals surface area contributed by atoms with Crippen molar-refractivity contribution in [1.82, 2.24) is 9.88 Å². The standard InChI is InChI=1S/C25H24F3N3O3/c1-30(23-12-5-18(14-29-23)25(26,27)28)19-6-10-22(11-7-19)34-21-8-3-17(4-9-21)13-20-15-33-16-24(32)31(20)2/h3-12,14,20H,13,15-16H2,1-2H3. The largest absolute Gasteiger partial charge is 0.457 e. The van der Waals surface area contributed by atoms with E-state index in [4.69, 9.17) is 9.47 Å². The number of morpholine rings is 1. The summed E-state index contributed by atoms with van der Waals surface area (Å²) >= 11 is 0. The van der Waals surface area contributed by atoms with Crippen LogP contribution in [0.4, 0.5) is 24.7 Å². The van der Waals surface area contributed by atoms with E-state index in [1.807, 2.05) is 24.3 Å². The zero-order chi connectivity index (χ0) is 24.3. The number of likely N-dealkylation sites (N-methyl/N-ethyl adjacent to an activating group) is 1. The molecule has 2 aromatic carbocycles. The molecule has 1 atom stereocenters. The first-order valence-corrected chi connectivity index (χ1v) is 10.7. The predicted octanol–water partition coefficient (Wildman–Crippen LogP) is 5.06. The number of rotatable bonds is 6. The fourth-order valence-electron chi connectivity index (χ4n) is 3.62. The third-order valence-electron chi connectivity index (χ3n) is 5.75. The normalized spacial score (nSPS) is 16.4. The molecule has 0 bridgehead atoms. The van der Waals surface area contributed by atoms with Crippen LogP contribution in [0.5, 0.6) is 11.5 Å². The number of ether oxygens (including phenoxy) is 2. The van der Waals surface area contributed by atoms with Gasteiger partial charge in [-0.3, -0.25) is 4.79 Å². The number of aromatic nitrogens is 1. The van der Waals surface area contributed by atoms with Crippen molar-refractivity contribution in [2.24, 2.45) is 0 Å². The number of carbonyl (C=O) groups excluding carboxylic acids is 1. The Morgan fingerprint density at radius 1 is 1.06 bits per heavy atom.